The number of piperidine rings is 1. The Kier molecular flexibility index (Phi) is 3.22. The lowest BCUT2D eigenvalue weighted by atomic mass is 9.90. The SMILES string of the molecule is ON=CN1CCC(c2ccccc2)CC1. The number of rotatable bonds is 2. The minimum atomic E-state index is 0.662. The highest BCUT2D eigenvalue weighted by molar-refractivity contribution is 5.54. The molecule has 0 amide bonds. The molecular weight excluding hydrogens is 188 g/mol. The molecule has 1 aliphatic rings. The van der Waals surface area contributed by atoms with Crippen molar-refractivity contribution in [3.63, 3.8) is 0 Å². The second-order valence-electron chi connectivity index (χ2n) is 3.95. The van der Waals surface area contributed by atoms with Gasteiger partial charge in [-0.05, 0) is 24.3 Å². The van der Waals surface area contributed by atoms with Crippen LogP contribution in [0, 0.1) is 0 Å². The smallest absolute Gasteiger partial charge is 0.130 e. The number of hydrogen-bond acceptors (Lipinski definition) is 2. The highest BCUT2D eigenvalue weighted by Crippen LogP contribution is 2.26. The summed E-state index contributed by atoms with van der Waals surface area (Å²) in [6.45, 7) is 1.95. The van der Waals surface area contributed by atoms with Crippen LogP contribution < -0.4 is 0 Å². The standard InChI is InChI=1S/C12H16N2O/c15-13-10-14-8-6-12(7-9-14)11-4-2-1-3-5-11/h1-5,10,12,15H,6-9H2. The van der Waals surface area contributed by atoms with Gasteiger partial charge in [-0.2, -0.15) is 0 Å². The molecule has 0 unspecified atom stereocenters. The Morgan fingerprint density at radius 3 is 2.47 bits per heavy atom. The van der Waals surface area contributed by atoms with E-state index in [0.29, 0.717) is 5.92 Å². The molecule has 1 aliphatic heterocycles. The van der Waals surface area contributed by atoms with Crippen LogP contribution in [0.5, 0.6) is 0 Å². The van der Waals surface area contributed by atoms with E-state index in [-0.39, 0.29) is 0 Å². The Labute approximate surface area is 90.0 Å². The van der Waals surface area contributed by atoms with Gasteiger partial charge in [-0.1, -0.05) is 35.5 Å². The van der Waals surface area contributed by atoms with E-state index in [1.54, 1.807) is 0 Å². The van der Waals surface area contributed by atoms with Crippen LogP contribution in [0.1, 0.15) is 24.3 Å². The summed E-state index contributed by atoms with van der Waals surface area (Å²) in [5.41, 5.74) is 1.43. The minimum Gasteiger partial charge on any atom is -0.410 e. The Bertz CT molecular complexity index is 316. The van der Waals surface area contributed by atoms with Gasteiger partial charge in [0.05, 0.1) is 0 Å². The highest BCUT2D eigenvalue weighted by atomic mass is 16.4. The Morgan fingerprint density at radius 1 is 1.20 bits per heavy atom. The third kappa shape index (κ3) is 2.49. The van der Waals surface area contributed by atoms with Crippen molar-refractivity contribution in [1.82, 2.24) is 4.90 Å². The lowest BCUT2D eigenvalue weighted by Gasteiger charge is -2.30. The van der Waals surface area contributed by atoms with Crippen molar-refractivity contribution < 1.29 is 5.21 Å². The van der Waals surface area contributed by atoms with E-state index in [2.05, 4.69) is 40.4 Å². The molecule has 1 fully saturated rings. The molecule has 0 spiro atoms. The van der Waals surface area contributed by atoms with Gasteiger partial charge in [0.1, 0.15) is 6.34 Å². The molecule has 1 aromatic carbocycles. The van der Waals surface area contributed by atoms with Crippen LogP contribution in [0.2, 0.25) is 0 Å². The summed E-state index contributed by atoms with van der Waals surface area (Å²) in [6, 6.07) is 10.6. The lowest BCUT2D eigenvalue weighted by molar-refractivity contribution is 0.283. The van der Waals surface area contributed by atoms with Crippen LogP contribution in [0.25, 0.3) is 0 Å². The summed E-state index contributed by atoms with van der Waals surface area (Å²) in [5.74, 6) is 0.662. The Morgan fingerprint density at radius 2 is 1.87 bits per heavy atom. The van der Waals surface area contributed by atoms with Crippen molar-refractivity contribution in [1.29, 1.82) is 0 Å². The third-order valence-electron chi connectivity index (χ3n) is 3.02. The molecule has 1 aromatic rings. The van der Waals surface area contributed by atoms with E-state index in [4.69, 9.17) is 5.21 Å². The third-order valence-corrected chi connectivity index (χ3v) is 3.02. The fraction of sp³-hybridized carbons (Fsp3) is 0.417. The molecule has 1 saturated heterocycles. The highest BCUT2D eigenvalue weighted by Gasteiger charge is 2.18. The average molecular weight is 204 g/mol. The topological polar surface area (TPSA) is 35.8 Å². The van der Waals surface area contributed by atoms with Crippen LogP contribution in [-0.4, -0.2) is 29.5 Å². The number of nitrogens with zero attached hydrogens (tertiary/aromatic N) is 2. The molecule has 0 radical (unpaired) electrons. The number of hydrogen-bond donors (Lipinski definition) is 1. The molecule has 0 bridgehead atoms. The van der Waals surface area contributed by atoms with Gasteiger partial charge in [-0.15, -0.1) is 0 Å². The number of likely N-dealkylation sites (tertiary alicyclic amines) is 1. The first-order valence-corrected chi connectivity index (χ1v) is 5.36. The first kappa shape index (κ1) is 10.0. The first-order valence-electron chi connectivity index (χ1n) is 5.36. The van der Waals surface area contributed by atoms with Crippen LogP contribution in [0.4, 0.5) is 0 Å². The average Bonchev–Trinajstić information content (AvgIpc) is 2.32. The van der Waals surface area contributed by atoms with Gasteiger partial charge in [0, 0.05) is 13.1 Å². The van der Waals surface area contributed by atoms with E-state index in [0.717, 1.165) is 25.9 Å². The molecule has 0 saturated carbocycles. The molecule has 0 atom stereocenters. The van der Waals surface area contributed by atoms with Crippen molar-refractivity contribution in [2.45, 2.75) is 18.8 Å². The number of oxime groups is 1. The summed E-state index contributed by atoms with van der Waals surface area (Å²) in [4.78, 5) is 2.06. The van der Waals surface area contributed by atoms with Gasteiger partial charge in [0.15, 0.2) is 0 Å². The molecular formula is C12H16N2O. The first-order chi connectivity index (χ1) is 7.40. The van der Waals surface area contributed by atoms with Crippen molar-refractivity contribution in [2.75, 3.05) is 13.1 Å². The molecule has 15 heavy (non-hydrogen) atoms. The fourth-order valence-electron chi connectivity index (χ4n) is 2.15. The molecule has 0 aromatic heterocycles. The molecule has 3 nitrogen and oxygen atoms in total. The van der Waals surface area contributed by atoms with E-state index in [9.17, 15) is 0 Å². The maximum Gasteiger partial charge on any atom is 0.130 e. The molecule has 2 rings (SSSR count). The van der Waals surface area contributed by atoms with Crippen LogP contribution in [0.3, 0.4) is 0 Å². The van der Waals surface area contributed by atoms with Gasteiger partial charge in [-0.25, -0.2) is 0 Å². The molecule has 80 valence electrons. The van der Waals surface area contributed by atoms with Crippen molar-refractivity contribution in [2.24, 2.45) is 5.16 Å². The van der Waals surface area contributed by atoms with Crippen LogP contribution >= 0.6 is 0 Å². The van der Waals surface area contributed by atoms with Gasteiger partial charge in [0.25, 0.3) is 0 Å². The normalized spacial score (nSPS) is 18.5. The summed E-state index contributed by atoms with van der Waals surface area (Å²) < 4.78 is 0. The second-order valence-corrected chi connectivity index (χ2v) is 3.95. The van der Waals surface area contributed by atoms with Crippen molar-refractivity contribution in [3.05, 3.63) is 35.9 Å². The maximum atomic E-state index is 8.43. The predicted octanol–water partition coefficient (Wildman–Crippen LogP) is 2.28. The molecule has 0 aliphatic carbocycles. The second kappa shape index (κ2) is 4.82. The molecule has 1 N–H and O–H groups in total. The Balaban J connectivity index is 1.94. The molecule has 3 heteroatoms. The van der Waals surface area contributed by atoms with Crippen LogP contribution in [-0.2, 0) is 0 Å². The zero-order valence-corrected chi connectivity index (χ0v) is 8.71. The summed E-state index contributed by atoms with van der Waals surface area (Å²) in [7, 11) is 0. The quantitative estimate of drug-likeness (QED) is 0.347. The summed E-state index contributed by atoms with van der Waals surface area (Å²) in [5, 5.41) is 11.5. The van der Waals surface area contributed by atoms with Crippen LogP contribution in [0.15, 0.2) is 35.5 Å². The summed E-state index contributed by atoms with van der Waals surface area (Å²) in [6.07, 6.45) is 3.78. The van der Waals surface area contributed by atoms with Gasteiger partial charge < -0.3 is 10.1 Å². The lowest BCUT2D eigenvalue weighted by Crippen LogP contribution is -2.31. The molecule has 1 heterocycles. The van der Waals surface area contributed by atoms with E-state index >= 15 is 0 Å². The Hall–Kier alpha value is -1.51. The predicted molar refractivity (Wildman–Crippen MR) is 60.3 cm³/mol. The van der Waals surface area contributed by atoms with Gasteiger partial charge in [-0.3, -0.25) is 0 Å². The van der Waals surface area contributed by atoms with E-state index < -0.39 is 0 Å². The minimum absolute atomic E-state index is 0.662. The fourth-order valence-corrected chi connectivity index (χ4v) is 2.15. The maximum absolute atomic E-state index is 8.43. The van der Waals surface area contributed by atoms with Gasteiger partial charge in [0.2, 0.25) is 0 Å². The van der Waals surface area contributed by atoms with Crippen molar-refractivity contribution >= 4 is 6.34 Å². The zero-order valence-electron chi connectivity index (χ0n) is 8.71. The number of benzene rings is 1. The van der Waals surface area contributed by atoms with Crippen molar-refractivity contribution in [3.8, 4) is 0 Å². The largest absolute Gasteiger partial charge is 0.410 e. The van der Waals surface area contributed by atoms with E-state index in [1.807, 2.05) is 0 Å². The zero-order chi connectivity index (χ0) is 10.5. The van der Waals surface area contributed by atoms with Gasteiger partial charge >= 0.3 is 0 Å². The van der Waals surface area contributed by atoms with E-state index in [1.165, 1.54) is 11.9 Å². The monoisotopic (exact) mass is 204 g/mol. The summed E-state index contributed by atoms with van der Waals surface area (Å²) >= 11 is 0.